The van der Waals surface area contributed by atoms with Gasteiger partial charge in [0.2, 0.25) is 0 Å². The molecule has 108 valence electrons. The fraction of sp³-hybridized carbons (Fsp3) is 0.643. The summed E-state index contributed by atoms with van der Waals surface area (Å²) in [6, 6.07) is 3.89. The highest BCUT2D eigenvalue weighted by Crippen LogP contribution is 2.30. The van der Waals surface area contributed by atoms with Gasteiger partial charge in [0.25, 0.3) is 5.91 Å². The summed E-state index contributed by atoms with van der Waals surface area (Å²) < 4.78 is 0. The third-order valence-corrected chi connectivity index (χ3v) is 4.69. The molecule has 20 heavy (non-hydrogen) atoms. The van der Waals surface area contributed by atoms with E-state index in [1.165, 1.54) is 19.4 Å². The lowest BCUT2D eigenvalue weighted by molar-refractivity contribution is 0.0312. The Balaban J connectivity index is 1.69. The number of halogens is 1. The highest BCUT2D eigenvalue weighted by molar-refractivity contribution is 6.29. The molecule has 0 saturated carbocycles. The SMILES string of the molecule is CN1CCCC2CN(C(=O)c3ccc(Cl)nn3)CCC21. The monoisotopic (exact) mass is 294 g/mol. The van der Waals surface area contributed by atoms with Gasteiger partial charge in [0.15, 0.2) is 10.8 Å². The summed E-state index contributed by atoms with van der Waals surface area (Å²) in [5.74, 6) is 0.563. The van der Waals surface area contributed by atoms with Crippen molar-refractivity contribution in [2.75, 3.05) is 26.7 Å². The van der Waals surface area contributed by atoms with E-state index in [9.17, 15) is 4.79 Å². The van der Waals surface area contributed by atoms with Crippen LogP contribution >= 0.6 is 11.6 Å². The van der Waals surface area contributed by atoms with Crippen LogP contribution in [0.2, 0.25) is 5.15 Å². The molecular weight excluding hydrogens is 276 g/mol. The topological polar surface area (TPSA) is 49.3 Å². The number of nitrogens with zero attached hydrogens (tertiary/aromatic N) is 4. The largest absolute Gasteiger partial charge is 0.337 e. The Bertz CT molecular complexity index is 492. The summed E-state index contributed by atoms with van der Waals surface area (Å²) in [4.78, 5) is 16.8. The number of amides is 1. The van der Waals surface area contributed by atoms with Crippen LogP contribution in [0.5, 0.6) is 0 Å². The molecule has 3 rings (SSSR count). The molecule has 5 nitrogen and oxygen atoms in total. The molecule has 0 aliphatic carbocycles. The number of piperidine rings is 2. The predicted octanol–water partition coefficient (Wildman–Crippen LogP) is 1.69. The molecule has 6 heteroatoms. The molecule has 1 amide bonds. The van der Waals surface area contributed by atoms with Crippen molar-refractivity contribution in [1.82, 2.24) is 20.0 Å². The Morgan fingerprint density at radius 3 is 2.90 bits per heavy atom. The molecule has 1 aromatic rings. The third kappa shape index (κ3) is 2.65. The molecule has 0 radical (unpaired) electrons. The Labute approximate surface area is 123 Å². The lowest BCUT2D eigenvalue weighted by Gasteiger charge is -2.45. The van der Waals surface area contributed by atoms with Crippen molar-refractivity contribution in [2.24, 2.45) is 5.92 Å². The van der Waals surface area contributed by atoms with Crippen LogP contribution in [0.4, 0.5) is 0 Å². The maximum atomic E-state index is 12.4. The second kappa shape index (κ2) is 5.66. The number of likely N-dealkylation sites (tertiary alicyclic amines) is 2. The molecule has 3 heterocycles. The Hall–Kier alpha value is -1.20. The van der Waals surface area contributed by atoms with Crippen LogP contribution in [0.1, 0.15) is 29.8 Å². The summed E-state index contributed by atoms with van der Waals surface area (Å²) in [6.45, 7) is 2.81. The molecule has 0 spiro atoms. The van der Waals surface area contributed by atoms with Gasteiger partial charge in [-0.2, -0.15) is 0 Å². The molecule has 2 atom stereocenters. The molecule has 2 fully saturated rings. The van der Waals surface area contributed by atoms with Crippen LogP contribution in [0.3, 0.4) is 0 Å². The summed E-state index contributed by atoms with van der Waals surface area (Å²) in [6.07, 6.45) is 3.49. The number of carbonyl (C=O) groups excluding carboxylic acids is 1. The van der Waals surface area contributed by atoms with E-state index in [0.29, 0.717) is 22.8 Å². The van der Waals surface area contributed by atoms with E-state index in [4.69, 9.17) is 11.6 Å². The van der Waals surface area contributed by atoms with Gasteiger partial charge in [0.05, 0.1) is 0 Å². The van der Waals surface area contributed by atoms with Crippen molar-refractivity contribution in [1.29, 1.82) is 0 Å². The highest BCUT2D eigenvalue weighted by atomic mass is 35.5. The number of carbonyl (C=O) groups is 1. The molecule has 0 aromatic carbocycles. The van der Waals surface area contributed by atoms with Gasteiger partial charge in [0.1, 0.15) is 0 Å². The molecule has 0 N–H and O–H groups in total. The van der Waals surface area contributed by atoms with E-state index in [2.05, 4.69) is 22.1 Å². The first kappa shape index (κ1) is 13.8. The number of rotatable bonds is 1. The molecule has 0 bridgehead atoms. The van der Waals surface area contributed by atoms with E-state index in [-0.39, 0.29) is 5.91 Å². The van der Waals surface area contributed by atoms with Gasteiger partial charge < -0.3 is 9.80 Å². The van der Waals surface area contributed by atoms with E-state index in [1.807, 2.05) is 4.90 Å². The maximum absolute atomic E-state index is 12.4. The molecule has 2 aliphatic rings. The van der Waals surface area contributed by atoms with E-state index < -0.39 is 0 Å². The van der Waals surface area contributed by atoms with E-state index in [1.54, 1.807) is 12.1 Å². The number of hydrogen-bond donors (Lipinski definition) is 0. The fourth-order valence-electron chi connectivity index (χ4n) is 3.43. The summed E-state index contributed by atoms with van der Waals surface area (Å²) in [5, 5.41) is 7.95. The maximum Gasteiger partial charge on any atom is 0.274 e. The van der Waals surface area contributed by atoms with Gasteiger partial charge in [0, 0.05) is 19.1 Å². The summed E-state index contributed by atoms with van der Waals surface area (Å²) >= 11 is 5.71. The zero-order chi connectivity index (χ0) is 14.1. The minimum Gasteiger partial charge on any atom is -0.337 e. The average Bonchev–Trinajstić information content (AvgIpc) is 2.47. The lowest BCUT2D eigenvalue weighted by atomic mass is 9.84. The average molecular weight is 295 g/mol. The second-order valence-corrected chi connectivity index (χ2v) is 6.12. The molecule has 2 aliphatic heterocycles. The van der Waals surface area contributed by atoms with Gasteiger partial charge >= 0.3 is 0 Å². The zero-order valence-corrected chi connectivity index (χ0v) is 12.4. The Kier molecular flexibility index (Phi) is 3.89. The number of aromatic nitrogens is 2. The molecule has 1 aromatic heterocycles. The van der Waals surface area contributed by atoms with E-state index in [0.717, 1.165) is 19.5 Å². The summed E-state index contributed by atoms with van der Waals surface area (Å²) in [7, 11) is 2.19. The van der Waals surface area contributed by atoms with Crippen molar-refractivity contribution >= 4 is 17.5 Å². The molecule has 2 unspecified atom stereocenters. The van der Waals surface area contributed by atoms with Crippen molar-refractivity contribution < 1.29 is 4.79 Å². The van der Waals surface area contributed by atoms with Gasteiger partial charge in [-0.15, -0.1) is 10.2 Å². The van der Waals surface area contributed by atoms with Gasteiger partial charge in [-0.1, -0.05) is 11.6 Å². The predicted molar refractivity (Wildman–Crippen MR) is 76.7 cm³/mol. The Morgan fingerprint density at radius 2 is 2.15 bits per heavy atom. The molecule has 2 saturated heterocycles. The van der Waals surface area contributed by atoms with Crippen molar-refractivity contribution in [2.45, 2.75) is 25.3 Å². The van der Waals surface area contributed by atoms with E-state index >= 15 is 0 Å². The number of fused-ring (bicyclic) bond motifs is 1. The first-order chi connectivity index (χ1) is 9.65. The van der Waals surface area contributed by atoms with Crippen LogP contribution in [-0.2, 0) is 0 Å². The summed E-state index contributed by atoms with van der Waals surface area (Å²) in [5.41, 5.74) is 0.386. The smallest absolute Gasteiger partial charge is 0.274 e. The minimum atomic E-state index is -0.0270. The first-order valence-corrected chi connectivity index (χ1v) is 7.51. The van der Waals surface area contributed by atoms with Gasteiger partial charge in [-0.05, 0) is 50.9 Å². The lowest BCUT2D eigenvalue weighted by Crippen LogP contribution is -2.54. The van der Waals surface area contributed by atoms with Crippen molar-refractivity contribution in [3.8, 4) is 0 Å². The zero-order valence-electron chi connectivity index (χ0n) is 11.6. The standard InChI is InChI=1S/C14H19ClN4O/c1-18-7-2-3-10-9-19(8-6-12(10)18)14(20)11-4-5-13(15)17-16-11/h4-5,10,12H,2-3,6-9H2,1H3. The van der Waals surface area contributed by atoms with Crippen LogP contribution in [0.15, 0.2) is 12.1 Å². The highest BCUT2D eigenvalue weighted by Gasteiger charge is 2.36. The van der Waals surface area contributed by atoms with Crippen LogP contribution in [0, 0.1) is 5.92 Å². The van der Waals surface area contributed by atoms with Gasteiger partial charge in [-0.3, -0.25) is 4.79 Å². The van der Waals surface area contributed by atoms with Crippen LogP contribution in [0.25, 0.3) is 0 Å². The molecular formula is C14H19ClN4O. The van der Waals surface area contributed by atoms with Crippen molar-refractivity contribution in [3.05, 3.63) is 23.0 Å². The van der Waals surface area contributed by atoms with Crippen LogP contribution < -0.4 is 0 Å². The minimum absolute atomic E-state index is 0.0270. The van der Waals surface area contributed by atoms with Crippen LogP contribution in [-0.4, -0.2) is 58.6 Å². The van der Waals surface area contributed by atoms with Gasteiger partial charge in [-0.25, -0.2) is 0 Å². The Morgan fingerprint density at radius 1 is 1.30 bits per heavy atom. The first-order valence-electron chi connectivity index (χ1n) is 7.14. The number of hydrogen-bond acceptors (Lipinski definition) is 4. The normalized spacial score (nSPS) is 27.2. The van der Waals surface area contributed by atoms with Crippen molar-refractivity contribution in [3.63, 3.8) is 0 Å². The third-order valence-electron chi connectivity index (χ3n) is 4.48. The second-order valence-electron chi connectivity index (χ2n) is 5.73. The quantitative estimate of drug-likeness (QED) is 0.791. The fourth-order valence-corrected chi connectivity index (χ4v) is 3.53.